The van der Waals surface area contributed by atoms with Crippen LogP contribution >= 0.6 is 0 Å². The van der Waals surface area contributed by atoms with E-state index < -0.39 is 111 Å². The lowest BCUT2D eigenvalue weighted by molar-refractivity contribution is -0.151. The molecule has 0 spiro atoms. The zero-order valence-corrected chi connectivity index (χ0v) is 32.4. The maximum absolute atomic E-state index is 13.5. The Balaban J connectivity index is 1.68. The maximum Gasteiger partial charge on any atom is 0.363 e. The third-order valence-electron chi connectivity index (χ3n) is 8.39. The number of carboxylic acid groups (broad SMARTS) is 4. The lowest BCUT2D eigenvalue weighted by Crippen LogP contribution is -2.52. The number of carboxylic acids is 4. The van der Waals surface area contributed by atoms with Gasteiger partial charge in [-0.05, 0) is 56.5 Å². The molecule has 5 amide bonds. The van der Waals surface area contributed by atoms with Crippen molar-refractivity contribution in [1.29, 1.82) is 0 Å². The molecular formula is C38H42N6O17. The second kappa shape index (κ2) is 22.2. The highest BCUT2D eigenvalue weighted by Gasteiger charge is 2.30. The van der Waals surface area contributed by atoms with Gasteiger partial charge in [-0.3, -0.25) is 38.4 Å². The Hall–Kier alpha value is -7.98. The highest BCUT2D eigenvalue weighted by atomic mass is 16.7. The normalized spacial score (nSPS) is 11.0. The molecule has 0 fully saturated rings. The van der Waals surface area contributed by atoms with Gasteiger partial charge in [0.2, 0.25) is 29.5 Å². The average molecular weight is 855 g/mol. The van der Waals surface area contributed by atoms with Crippen LogP contribution in [-0.4, -0.2) is 161 Å². The summed E-state index contributed by atoms with van der Waals surface area (Å²) in [6.07, 6.45) is 0.399. The van der Waals surface area contributed by atoms with Gasteiger partial charge < -0.3 is 60.8 Å². The van der Waals surface area contributed by atoms with Crippen LogP contribution in [0, 0.1) is 6.92 Å². The predicted octanol–water partition coefficient (Wildman–Crippen LogP) is -1.00. The molecule has 61 heavy (non-hydrogen) atoms. The summed E-state index contributed by atoms with van der Waals surface area (Å²) in [4.78, 5) is 131. The smallest absolute Gasteiger partial charge is 0.363 e. The topological polar surface area (TPSA) is 340 Å². The van der Waals surface area contributed by atoms with Crippen LogP contribution in [0.4, 0.5) is 0 Å². The Morgan fingerprint density at radius 3 is 1.74 bits per heavy atom. The number of hydrogen-bond donors (Lipinski definition) is 8. The third-order valence-corrected chi connectivity index (χ3v) is 8.39. The molecule has 2 aromatic carbocycles. The van der Waals surface area contributed by atoms with Gasteiger partial charge in [0.25, 0.3) is 11.8 Å². The molecule has 1 atom stereocenters. The van der Waals surface area contributed by atoms with Crippen molar-refractivity contribution in [2.24, 2.45) is 0 Å². The van der Waals surface area contributed by atoms with Crippen LogP contribution in [0.3, 0.4) is 0 Å². The minimum Gasteiger partial charge on any atom is -0.492 e. The van der Waals surface area contributed by atoms with Crippen LogP contribution in [0.1, 0.15) is 55.9 Å². The van der Waals surface area contributed by atoms with Crippen LogP contribution in [0.2, 0.25) is 0 Å². The number of aromatic hydroxyl groups is 2. The van der Waals surface area contributed by atoms with Gasteiger partial charge in [0.15, 0.2) is 0 Å². The molecule has 0 saturated carbocycles. The van der Waals surface area contributed by atoms with Gasteiger partial charge in [0.05, 0.1) is 5.56 Å². The van der Waals surface area contributed by atoms with Crippen LogP contribution in [0.25, 0.3) is 0 Å². The van der Waals surface area contributed by atoms with Crippen molar-refractivity contribution in [3.8, 4) is 11.8 Å². The Kier molecular flexibility index (Phi) is 17.3. The summed E-state index contributed by atoms with van der Waals surface area (Å²) < 4.78 is 0.364. The molecule has 23 nitrogen and oxygen atoms in total. The summed E-state index contributed by atoms with van der Waals surface area (Å²) in [7, 11) is 0. The fourth-order valence-electron chi connectivity index (χ4n) is 5.51. The molecule has 3 rings (SSSR count). The molecule has 1 aromatic heterocycles. The number of nitrogens with one attached hydrogen (secondary N) is 2. The summed E-state index contributed by atoms with van der Waals surface area (Å²) >= 11 is 0. The molecule has 0 bridgehead atoms. The summed E-state index contributed by atoms with van der Waals surface area (Å²) in [5, 5.41) is 62.4. The maximum atomic E-state index is 13.5. The highest BCUT2D eigenvalue weighted by molar-refractivity contribution is 6.01. The number of rotatable bonds is 23. The summed E-state index contributed by atoms with van der Waals surface area (Å²) in [5.41, 5.74) is 0.590. The number of amides is 5. The number of unbranched alkanes of at least 4 members (excludes halogenated alkanes) is 1. The number of nitrogens with zero attached hydrogens (tertiary/aromatic N) is 4. The highest BCUT2D eigenvalue weighted by Crippen LogP contribution is 2.20. The number of carbonyl (C=O) groups is 10. The first-order valence-electron chi connectivity index (χ1n) is 18.0. The number of carbonyl (C=O) groups excluding carboxylic acids is 6. The van der Waals surface area contributed by atoms with E-state index in [0.29, 0.717) is 31.4 Å². The van der Waals surface area contributed by atoms with Crippen molar-refractivity contribution >= 4 is 59.4 Å². The van der Waals surface area contributed by atoms with E-state index in [4.69, 9.17) is 4.84 Å². The van der Waals surface area contributed by atoms with Gasteiger partial charge >= 0.3 is 29.8 Å². The Labute approximate surface area is 345 Å². The second-order valence-electron chi connectivity index (χ2n) is 13.2. The molecule has 0 aliphatic heterocycles. The van der Waals surface area contributed by atoms with E-state index in [-0.39, 0.29) is 36.4 Å². The molecule has 0 radical (unpaired) electrons. The van der Waals surface area contributed by atoms with Gasteiger partial charge in [-0.25, -0.2) is 9.59 Å². The van der Waals surface area contributed by atoms with Crippen molar-refractivity contribution < 1.29 is 83.4 Å². The van der Waals surface area contributed by atoms with E-state index in [0.717, 1.165) is 35.9 Å². The van der Waals surface area contributed by atoms with Crippen molar-refractivity contribution in [3.63, 3.8) is 0 Å². The van der Waals surface area contributed by atoms with Crippen LogP contribution in [-0.2, 0) is 33.6 Å². The molecular weight excluding hydrogens is 812 g/mol. The molecule has 326 valence electrons. The SMILES string of the molecule is Cc1cccc(C(=O)NCCCCC(NC(=O)CN(CC(=O)O)C(=O)CN(CC(=O)O)C(=O)CN(CC(=O)O)C(=O)c2cccc(C(=O)On3c(O)ccc3O)c2)C(=O)O)c1. The van der Waals surface area contributed by atoms with Gasteiger partial charge in [0.1, 0.15) is 45.3 Å². The van der Waals surface area contributed by atoms with Crippen molar-refractivity contribution in [1.82, 2.24) is 30.1 Å². The van der Waals surface area contributed by atoms with E-state index in [1.165, 1.54) is 6.07 Å². The van der Waals surface area contributed by atoms with Gasteiger partial charge in [-0.1, -0.05) is 23.8 Å². The zero-order chi connectivity index (χ0) is 45.4. The quantitative estimate of drug-likeness (QED) is 0.0530. The van der Waals surface area contributed by atoms with E-state index >= 15 is 0 Å². The first kappa shape index (κ1) is 47.4. The first-order valence-corrected chi connectivity index (χ1v) is 18.0. The Morgan fingerprint density at radius 1 is 0.639 bits per heavy atom. The molecule has 1 unspecified atom stereocenters. The summed E-state index contributed by atoms with van der Waals surface area (Å²) in [6.45, 7) is -4.96. The minimum atomic E-state index is -1.69. The number of aliphatic carboxylic acids is 4. The number of benzene rings is 2. The van der Waals surface area contributed by atoms with Crippen LogP contribution in [0.5, 0.6) is 11.8 Å². The van der Waals surface area contributed by atoms with Gasteiger partial charge in [-0.2, -0.15) is 0 Å². The summed E-state index contributed by atoms with van der Waals surface area (Å²) in [5.74, 6) is -14.2. The monoisotopic (exact) mass is 854 g/mol. The van der Waals surface area contributed by atoms with Crippen molar-refractivity contribution in [3.05, 3.63) is 82.9 Å². The lowest BCUT2D eigenvalue weighted by atomic mass is 10.1. The summed E-state index contributed by atoms with van der Waals surface area (Å²) in [6, 6.07) is 11.7. The fourth-order valence-corrected chi connectivity index (χ4v) is 5.51. The second-order valence-corrected chi connectivity index (χ2v) is 13.2. The van der Waals surface area contributed by atoms with Crippen LogP contribution < -0.4 is 15.5 Å². The molecule has 1 heterocycles. The average Bonchev–Trinajstić information content (AvgIpc) is 3.50. The molecule has 0 aliphatic carbocycles. The predicted molar refractivity (Wildman–Crippen MR) is 204 cm³/mol. The number of aromatic nitrogens is 1. The van der Waals surface area contributed by atoms with Crippen molar-refractivity contribution in [2.75, 3.05) is 45.8 Å². The molecule has 23 heteroatoms. The zero-order valence-electron chi connectivity index (χ0n) is 32.4. The number of aryl methyl sites for hydroxylation is 1. The first-order chi connectivity index (χ1) is 28.7. The van der Waals surface area contributed by atoms with E-state index in [1.807, 2.05) is 13.0 Å². The third kappa shape index (κ3) is 15.0. The van der Waals surface area contributed by atoms with Gasteiger partial charge in [0, 0.05) is 29.8 Å². The van der Waals surface area contributed by atoms with Gasteiger partial charge in [-0.15, -0.1) is 4.73 Å². The van der Waals surface area contributed by atoms with E-state index in [1.54, 1.807) is 18.2 Å². The lowest BCUT2D eigenvalue weighted by Gasteiger charge is -2.28. The minimum absolute atomic E-state index is 0.127. The largest absolute Gasteiger partial charge is 0.492 e. The van der Waals surface area contributed by atoms with E-state index in [2.05, 4.69) is 10.6 Å². The standard InChI is InChI=1S/C38H42N6O17/c1-22-6-4-7-23(14-22)35(56)39-13-3-2-10-26(37(58)59)40-27(45)16-41(19-32(50)51)30(48)17-42(20-33(52)53)31(49)18-43(21-34(54)55)36(57)24-8-5-9-25(15-24)38(60)61-44-28(46)11-12-29(44)47/h4-9,11-12,14-15,26,46-47H,2-3,10,13,16-21H2,1H3,(H,39,56)(H,40,45)(H,50,51)(H,52,53)(H,54,55)(H,58,59). The number of hydrogen-bond acceptors (Lipinski definition) is 13. The molecule has 3 aromatic rings. The molecule has 0 saturated heterocycles. The van der Waals surface area contributed by atoms with Crippen molar-refractivity contribution in [2.45, 2.75) is 32.2 Å². The molecule has 8 N–H and O–H groups in total. The van der Waals surface area contributed by atoms with Crippen LogP contribution in [0.15, 0.2) is 60.7 Å². The van der Waals surface area contributed by atoms with E-state index in [9.17, 15) is 78.6 Å². The molecule has 0 aliphatic rings. The Bertz CT molecular complexity index is 2150. The fraction of sp³-hybridized carbons (Fsp3) is 0.316. The Morgan fingerprint density at radius 2 is 1.16 bits per heavy atom.